The largest absolute Gasteiger partial charge is 0.494 e. The number of guanidine groups is 1. The van der Waals surface area contributed by atoms with Gasteiger partial charge >= 0.3 is 6.03 Å². The van der Waals surface area contributed by atoms with Crippen LogP contribution < -0.4 is 21.5 Å². The van der Waals surface area contributed by atoms with Crippen molar-refractivity contribution in [3.8, 4) is 5.75 Å². The zero-order valence-electron chi connectivity index (χ0n) is 9.41. The lowest BCUT2D eigenvalue weighted by molar-refractivity contribution is -0.384. The molecule has 0 aliphatic carbocycles. The van der Waals surface area contributed by atoms with Crippen LogP contribution >= 0.6 is 0 Å². The van der Waals surface area contributed by atoms with Gasteiger partial charge in [-0.15, -0.1) is 0 Å². The molecule has 0 spiro atoms. The van der Waals surface area contributed by atoms with Crippen LogP contribution in [0.3, 0.4) is 0 Å². The number of nitrogens with two attached hydrogens (primary N) is 2. The Hall–Kier alpha value is -2.84. The van der Waals surface area contributed by atoms with E-state index in [9.17, 15) is 14.9 Å². The second-order valence-corrected chi connectivity index (χ2v) is 3.07. The van der Waals surface area contributed by atoms with Crippen LogP contribution in [0.15, 0.2) is 23.2 Å². The summed E-state index contributed by atoms with van der Waals surface area (Å²) in [4.78, 5) is 24.4. The van der Waals surface area contributed by atoms with E-state index in [-0.39, 0.29) is 23.1 Å². The molecule has 18 heavy (non-hydrogen) atoms. The SMILES string of the molecule is COc1cccc([N+](=O)[O-])c1N=C(N)NC(N)=O. The van der Waals surface area contributed by atoms with Crippen molar-refractivity contribution in [1.29, 1.82) is 0 Å². The Kier molecular flexibility index (Phi) is 4.02. The Morgan fingerprint density at radius 2 is 2.17 bits per heavy atom. The molecular formula is C9H11N5O4. The normalized spacial score (nSPS) is 10.8. The highest BCUT2D eigenvalue weighted by atomic mass is 16.6. The second-order valence-electron chi connectivity index (χ2n) is 3.07. The number of para-hydroxylation sites is 1. The number of ether oxygens (including phenoxy) is 1. The molecule has 0 aliphatic heterocycles. The van der Waals surface area contributed by atoms with E-state index in [1.807, 2.05) is 5.32 Å². The Labute approximate surface area is 102 Å². The second kappa shape index (κ2) is 5.48. The monoisotopic (exact) mass is 253 g/mol. The van der Waals surface area contributed by atoms with Crippen LogP contribution in [0.25, 0.3) is 0 Å². The number of nitro groups is 1. The summed E-state index contributed by atoms with van der Waals surface area (Å²) in [7, 11) is 1.33. The molecule has 1 aromatic carbocycles. The summed E-state index contributed by atoms with van der Waals surface area (Å²) in [5.41, 5.74) is 9.80. The molecule has 0 unspecified atom stereocenters. The highest BCUT2D eigenvalue weighted by Gasteiger charge is 2.18. The molecule has 9 nitrogen and oxygen atoms in total. The van der Waals surface area contributed by atoms with E-state index in [0.29, 0.717) is 0 Å². The average molecular weight is 253 g/mol. The number of primary amides is 1. The molecule has 0 saturated carbocycles. The number of methoxy groups -OCH3 is 1. The highest BCUT2D eigenvalue weighted by molar-refractivity contribution is 5.96. The topological polar surface area (TPSA) is 146 Å². The minimum Gasteiger partial charge on any atom is -0.494 e. The molecule has 0 heterocycles. The molecule has 0 atom stereocenters. The van der Waals surface area contributed by atoms with Gasteiger partial charge in [0, 0.05) is 6.07 Å². The molecule has 0 bridgehead atoms. The summed E-state index contributed by atoms with van der Waals surface area (Å²) >= 11 is 0. The summed E-state index contributed by atoms with van der Waals surface area (Å²) in [5, 5.41) is 12.8. The minimum absolute atomic E-state index is 0.101. The summed E-state index contributed by atoms with van der Waals surface area (Å²) in [6.45, 7) is 0. The van der Waals surface area contributed by atoms with Crippen molar-refractivity contribution >= 4 is 23.4 Å². The summed E-state index contributed by atoms with van der Waals surface area (Å²) in [6.07, 6.45) is 0. The number of rotatable bonds is 3. The zero-order valence-corrected chi connectivity index (χ0v) is 9.41. The van der Waals surface area contributed by atoms with Gasteiger partial charge in [-0.2, -0.15) is 0 Å². The smallest absolute Gasteiger partial charge is 0.318 e. The van der Waals surface area contributed by atoms with E-state index in [1.54, 1.807) is 0 Å². The standard InChI is InChI=1S/C9H11N5O4/c1-18-6-4-2-3-5(14(16)17)7(6)12-8(10)13-9(11)15/h2-4H,1H3,(H5,10,11,12,13,15). The number of carbonyl (C=O) groups excluding carboxylic acids is 1. The Morgan fingerprint density at radius 1 is 1.50 bits per heavy atom. The van der Waals surface area contributed by atoms with Crippen LogP contribution in [0.4, 0.5) is 16.2 Å². The Balaban J connectivity index is 3.28. The third kappa shape index (κ3) is 3.07. The van der Waals surface area contributed by atoms with E-state index in [4.69, 9.17) is 16.2 Å². The van der Waals surface area contributed by atoms with Gasteiger partial charge in [-0.3, -0.25) is 15.4 Å². The molecule has 1 rings (SSSR count). The molecule has 0 fully saturated rings. The van der Waals surface area contributed by atoms with Crippen LogP contribution in [-0.2, 0) is 0 Å². The summed E-state index contributed by atoms with van der Waals surface area (Å²) < 4.78 is 4.93. The van der Waals surface area contributed by atoms with Crippen molar-refractivity contribution in [2.75, 3.05) is 7.11 Å². The summed E-state index contributed by atoms with van der Waals surface area (Å²) in [5.74, 6) is -0.214. The fraction of sp³-hybridized carbons (Fsp3) is 0.111. The summed E-state index contributed by atoms with van der Waals surface area (Å²) in [6, 6.07) is 3.23. The number of amides is 2. The lowest BCUT2D eigenvalue weighted by Gasteiger charge is -2.06. The lowest BCUT2D eigenvalue weighted by Crippen LogP contribution is -2.39. The van der Waals surface area contributed by atoms with Gasteiger partial charge in [0.05, 0.1) is 12.0 Å². The van der Waals surface area contributed by atoms with Crippen LogP contribution in [0.2, 0.25) is 0 Å². The maximum atomic E-state index is 10.8. The zero-order chi connectivity index (χ0) is 13.7. The van der Waals surface area contributed by atoms with Crippen LogP contribution in [0.1, 0.15) is 0 Å². The van der Waals surface area contributed by atoms with Crippen LogP contribution in [0.5, 0.6) is 5.75 Å². The van der Waals surface area contributed by atoms with E-state index in [1.165, 1.54) is 25.3 Å². The third-order valence-electron chi connectivity index (χ3n) is 1.88. The minimum atomic E-state index is -0.922. The van der Waals surface area contributed by atoms with Crippen molar-refractivity contribution in [1.82, 2.24) is 5.32 Å². The highest BCUT2D eigenvalue weighted by Crippen LogP contribution is 2.36. The van der Waals surface area contributed by atoms with Gasteiger partial charge in [-0.25, -0.2) is 9.79 Å². The van der Waals surface area contributed by atoms with Crippen molar-refractivity contribution in [3.05, 3.63) is 28.3 Å². The van der Waals surface area contributed by atoms with Gasteiger partial charge in [0.2, 0.25) is 5.96 Å². The van der Waals surface area contributed by atoms with Gasteiger partial charge < -0.3 is 16.2 Å². The van der Waals surface area contributed by atoms with Crippen molar-refractivity contribution in [3.63, 3.8) is 0 Å². The molecule has 5 N–H and O–H groups in total. The van der Waals surface area contributed by atoms with Gasteiger partial charge in [-0.1, -0.05) is 6.07 Å². The number of hydrogen-bond acceptors (Lipinski definition) is 5. The predicted octanol–water partition coefficient (Wildman–Crippen LogP) is 0.218. The molecule has 0 saturated heterocycles. The number of carbonyl (C=O) groups is 1. The molecule has 0 radical (unpaired) electrons. The maximum absolute atomic E-state index is 10.8. The number of benzene rings is 1. The van der Waals surface area contributed by atoms with Gasteiger partial charge in [0.15, 0.2) is 11.4 Å². The average Bonchev–Trinajstić information content (AvgIpc) is 2.27. The number of urea groups is 1. The Morgan fingerprint density at radius 3 is 2.67 bits per heavy atom. The Bertz CT molecular complexity index is 514. The van der Waals surface area contributed by atoms with Crippen molar-refractivity contribution in [2.45, 2.75) is 0 Å². The first-order chi connectivity index (χ1) is 8.45. The lowest BCUT2D eigenvalue weighted by atomic mass is 10.2. The van der Waals surface area contributed by atoms with Crippen molar-refractivity contribution in [2.24, 2.45) is 16.5 Å². The predicted molar refractivity (Wildman–Crippen MR) is 63.6 cm³/mol. The number of aliphatic imine (C=N–C) groups is 1. The first kappa shape index (κ1) is 13.2. The third-order valence-corrected chi connectivity index (χ3v) is 1.88. The number of nitro benzene ring substituents is 1. The maximum Gasteiger partial charge on any atom is 0.318 e. The molecule has 0 aromatic heterocycles. The van der Waals surface area contributed by atoms with Crippen LogP contribution in [0, 0.1) is 10.1 Å². The fourth-order valence-corrected chi connectivity index (χ4v) is 1.21. The quantitative estimate of drug-likeness (QED) is 0.305. The first-order valence-electron chi connectivity index (χ1n) is 4.67. The molecule has 1 aromatic rings. The van der Waals surface area contributed by atoms with Gasteiger partial charge in [-0.05, 0) is 6.07 Å². The van der Waals surface area contributed by atoms with Crippen LogP contribution in [-0.4, -0.2) is 24.0 Å². The van der Waals surface area contributed by atoms with E-state index in [0.717, 1.165) is 0 Å². The van der Waals surface area contributed by atoms with E-state index < -0.39 is 11.0 Å². The number of nitrogens with zero attached hydrogens (tertiary/aromatic N) is 2. The van der Waals surface area contributed by atoms with E-state index >= 15 is 0 Å². The molecule has 9 heteroatoms. The molecular weight excluding hydrogens is 242 g/mol. The van der Waals surface area contributed by atoms with Gasteiger partial charge in [0.1, 0.15) is 0 Å². The molecule has 2 amide bonds. The first-order valence-corrected chi connectivity index (χ1v) is 4.67. The number of hydrogen-bond donors (Lipinski definition) is 3. The van der Waals surface area contributed by atoms with Crippen molar-refractivity contribution < 1.29 is 14.5 Å². The van der Waals surface area contributed by atoms with Gasteiger partial charge in [0.25, 0.3) is 5.69 Å². The fourth-order valence-electron chi connectivity index (χ4n) is 1.21. The molecule has 96 valence electrons. The molecule has 0 aliphatic rings. The number of nitrogens with one attached hydrogen (secondary N) is 1. The van der Waals surface area contributed by atoms with E-state index in [2.05, 4.69) is 4.99 Å².